The summed E-state index contributed by atoms with van der Waals surface area (Å²) in [6, 6.07) is 19.6. The molecule has 0 saturated heterocycles. The van der Waals surface area contributed by atoms with E-state index < -0.39 is 0 Å². The van der Waals surface area contributed by atoms with Gasteiger partial charge in [-0.15, -0.1) is 0 Å². The molecule has 0 radical (unpaired) electrons. The largest absolute Gasteiger partial charge is 0.493 e. The van der Waals surface area contributed by atoms with Crippen molar-refractivity contribution in [3.05, 3.63) is 66.2 Å². The zero-order valence-corrected chi connectivity index (χ0v) is 14.3. The molecule has 1 amide bonds. The normalized spacial score (nSPS) is 11.0. The quantitative estimate of drug-likeness (QED) is 0.672. The van der Waals surface area contributed by atoms with Gasteiger partial charge in [0.1, 0.15) is 5.75 Å². The Morgan fingerprint density at radius 3 is 2.56 bits per heavy atom. The number of ether oxygens (including phenoxy) is 1. The summed E-state index contributed by atoms with van der Waals surface area (Å²) < 4.78 is 5.76. The Kier molecular flexibility index (Phi) is 5.09. The van der Waals surface area contributed by atoms with Crippen molar-refractivity contribution in [3.63, 3.8) is 0 Å². The second-order valence-electron chi connectivity index (χ2n) is 5.62. The van der Waals surface area contributed by atoms with Gasteiger partial charge in [-0.25, -0.2) is 0 Å². The van der Waals surface area contributed by atoms with Crippen molar-refractivity contribution >= 4 is 34.3 Å². The number of amides is 1. The van der Waals surface area contributed by atoms with Gasteiger partial charge in [-0.1, -0.05) is 30.3 Å². The van der Waals surface area contributed by atoms with Crippen LogP contribution >= 0.6 is 0 Å². The van der Waals surface area contributed by atoms with Gasteiger partial charge < -0.3 is 10.1 Å². The lowest BCUT2D eigenvalue weighted by molar-refractivity contribution is -0.114. The van der Waals surface area contributed by atoms with Gasteiger partial charge in [-0.2, -0.15) is 0 Å². The highest BCUT2D eigenvalue weighted by Crippen LogP contribution is 2.27. The van der Waals surface area contributed by atoms with E-state index in [9.17, 15) is 4.79 Å². The Bertz CT molecular complexity index is 915. The summed E-state index contributed by atoms with van der Waals surface area (Å²) in [7, 11) is 0. The van der Waals surface area contributed by atoms with E-state index in [1.54, 1.807) is 0 Å². The lowest BCUT2D eigenvalue weighted by Crippen LogP contribution is -2.04. The zero-order chi connectivity index (χ0) is 17.6. The summed E-state index contributed by atoms with van der Waals surface area (Å²) in [4.78, 5) is 15.6. The van der Waals surface area contributed by atoms with E-state index in [1.165, 1.54) is 6.92 Å². The van der Waals surface area contributed by atoms with Gasteiger partial charge in [0.15, 0.2) is 0 Å². The fraction of sp³-hybridized carbons (Fsp3) is 0.143. The molecule has 3 aromatic rings. The number of aliphatic imine (C=N–C) groups is 1. The number of nitrogens with zero attached hydrogens (tertiary/aromatic N) is 1. The van der Waals surface area contributed by atoms with Crippen LogP contribution in [0.3, 0.4) is 0 Å². The molecular weight excluding hydrogens is 312 g/mol. The smallest absolute Gasteiger partial charge is 0.221 e. The average molecular weight is 332 g/mol. The number of carbonyl (C=O) groups is 1. The maximum absolute atomic E-state index is 11.1. The lowest BCUT2D eigenvalue weighted by atomic mass is 10.0. The van der Waals surface area contributed by atoms with Crippen molar-refractivity contribution in [3.8, 4) is 5.75 Å². The van der Waals surface area contributed by atoms with E-state index in [4.69, 9.17) is 4.74 Å². The Morgan fingerprint density at radius 2 is 1.84 bits per heavy atom. The van der Waals surface area contributed by atoms with Gasteiger partial charge in [-0.3, -0.25) is 9.79 Å². The highest BCUT2D eigenvalue weighted by atomic mass is 16.5. The first kappa shape index (κ1) is 16.7. The van der Waals surface area contributed by atoms with E-state index in [1.807, 2.05) is 55.6 Å². The Balaban J connectivity index is 1.94. The highest BCUT2D eigenvalue weighted by molar-refractivity contribution is 6.03. The minimum absolute atomic E-state index is 0.0895. The van der Waals surface area contributed by atoms with Crippen LogP contribution in [-0.2, 0) is 4.79 Å². The Morgan fingerprint density at radius 1 is 1.08 bits per heavy atom. The molecule has 0 fully saturated rings. The summed E-state index contributed by atoms with van der Waals surface area (Å²) in [5, 5.41) is 5.00. The van der Waals surface area contributed by atoms with Crippen molar-refractivity contribution in [1.29, 1.82) is 0 Å². The second-order valence-corrected chi connectivity index (χ2v) is 5.62. The number of carbonyl (C=O) groups excluding carboxylic acids is 1. The summed E-state index contributed by atoms with van der Waals surface area (Å²) in [6.07, 6.45) is 1.83. The molecule has 0 unspecified atom stereocenters. The average Bonchev–Trinajstić information content (AvgIpc) is 2.61. The molecule has 0 heterocycles. The number of anilines is 1. The Hall–Kier alpha value is -3.14. The molecule has 0 saturated carbocycles. The Labute approximate surface area is 147 Å². The van der Waals surface area contributed by atoms with Crippen molar-refractivity contribution in [2.24, 2.45) is 4.99 Å². The number of fused-ring (bicyclic) bond motifs is 1. The van der Waals surface area contributed by atoms with Gasteiger partial charge in [0.2, 0.25) is 5.91 Å². The van der Waals surface area contributed by atoms with Crippen LogP contribution < -0.4 is 10.1 Å². The first-order valence-corrected chi connectivity index (χ1v) is 8.23. The minimum atomic E-state index is -0.0895. The summed E-state index contributed by atoms with van der Waals surface area (Å²) in [6.45, 7) is 4.06. The van der Waals surface area contributed by atoms with Crippen LogP contribution in [0, 0.1) is 0 Å². The fourth-order valence-corrected chi connectivity index (χ4v) is 2.66. The van der Waals surface area contributed by atoms with Crippen LogP contribution in [-0.4, -0.2) is 18.7 Å². The van der Waals surface area contributed by atoms with Crippen LogP contribution in [0.15, 0.2) is 65.7 Å². The third-order valence-electron chi connectivity index (χ3n) is 3.76. The fourth-order valence-electron chi connectivity index (χ4n) is 2.66. The van der Waals surface area contributed by atoms with Gasteiger partial charge in [-0.05, 0) is 48.0 Å². The van der Waals surface area contributed by atoms with E-state index >= 15 is 0 Å². The molecule has 3 aromatic carbocycles. The molecule has 0 aliphatic carbocycles. The number of hydrogen-bond acceptors (Lipinski definition) is 3. The predicted octanol–water partition coefficient (Wildman–Crippen LogP) is 4.95. The molecule has 0 spiro atoms. The van der Waals surface area contributed by atoms with Crippen molar-refractivity contribution in [2.75, 3.05) is 11.9 Å². The molecule has 25 heavy (non-hydrogen) atoms. The number of rotatable bonds is 5. The molecule has 1 N–H and O–H groups in total. The summed E-state index contributed by atoms with van der Waals surface area (Å²) in [5.41, 5.74) is 2.53. The standard InChI is InChI=1S/C21H20N2O2/c1-3-25-21-13-8-16-6-4-5-7-19(16)20(21)14-22-17-9-11-18(12-10-17)23-15(2)24/h4-14H,3H2,1-2H3,(H,23,24). The van der Waals surface area contributed by atoms with E-state index in [0.717, 1.165) is 33.5 Å². The minimum Gasteiger partial charge on any atom is -0.493 e. The zero-order valence-electron chi connectivity index (χ0n) is 14.3. The molecule has 4 heteroatoms. The molecule has 0 aliphatic rings. The van der Waals surface area contributed by atoms with Crippen LogP contribution in [0.2, 0.25) is 0 Å². The molecule has 0 bridgehead atoms. The van der Waals surface area contributed by atoms with E-state index in [-0.39, 0.29) is 5.91 Å². The van der Waals surface area contributed by atoms with Crippen molar-refractivity contribution < 1.29 is 9.53 Å². The van der Waals surface area contributed by atoms with Gasteiger partial charge >= 0.3 is 0 Å². The third kappa shape index (κ3) is 4.04. The molecule has 0 atom stereocenters. The third-order valence-corrected chi connectivity index (χ3v) is 3.76. The number of hydrogen-bond donors (Lipinski definition) is 1. The first-order chi connectivity index (χ1) is 12.2. The molecule has 3 rings (SSSR count). The van der Waals surface area contributed by atoms with Crippen LogP contribution in [0.5, 0.6) is 5.75 Å². The van der Waals surface area contributed by atoms with Gasteiger partial charge in [0.25, 0.3) is 0 Å². The van der Waals surface area contributed by atoms with Crippen molar-refractivity contribution in [2.45, 2.75) is 13.8 Å². The highest BCUT2D eigenvalue weighted by Gasteiger charge is 2.06. The van der Waals surface area contributed by atoms with Gasteiger partial charge in [0, 0.05) is 24.4 Å². The predicted molar refractivity (Wildman–Crippen MR) is 103 cm³/mol. The van der Waals surface area contributed by atoms with Crippen LogP contribution in [0.4, 0.5) is 11.4 Å². The lowest BCUT2D eigenvalue weighted by Gasteiger charge is -2.10. The van der Waals surface area contributed by atoms with Crippen molar-refractivity contribution in [1.82, 2.24) is 0 Å². The van der Waals surface area contributed by atoms with E-state index in [2.05, 4.69) is 28.5 Å². The SMILES string of the molecule is CCOc1ccc2ccccc2c1C=Nc1ccc(NC(C)=O)cc1. The summed E-state index contributed by atoms with van der Waals surface area (Å²) >= 11 is 0. The van der Waals surface area contributed by atoms with Crippen LogP contribution in [0.1, 0.15) is 19.4 Å². The summed E-state index contributed by atoms with van der Waals surface area (Å²) in [5.74, 6) is 0.730. The molecular formula is C21H20N2O2. The van der Waals surface area contributed by atoms with Gasteiger partial charge in [0.05, 0.1) is 12.3 Å². The molecule has 4 nitrogen and oxygen atoms in total. The second kappa shape index (κ2) is 7.62. The molecule has 0 aliphatic heterocycles. The number of benzene rings is 3. The maximum atomic E-state index is 11.1. The molecule has 126 valence electrons. The monoisotopic (exact) mass is 332 g/mol. The number of nitrogens with one attached hydrogen (secondary N) is 1. The first-order valence-electron chi connectivity index (χ1n) is 8.23. The molecule has 0 aromatic heterocycles. The maximum Gasteiger partial charge on any atom is 0.221 e. The topological polar surface area (TPSA) is 50.7 Å². The van der Waals surface area contributed by atoms with E-state index in [0.29, 0.717) is 6.61 Å². The van der Waals surface area contributed by atoms with Crippen LogP contribution in [0.25, 0.3) is 10.8 Å².